The zero-order valence-corrected chi connectivity index (χ0v) is 20.7. The van der Waals surface area contributed by atoms with Crippen molar-refractivity contribution in [2.24, 2.45) is 0 Å². The number of carbonyl (C=O) groups is 2. The molecule has 0 saturated heterocycles. The second-order valence-electron chi connectivity index (χ2n) is 9.48. The summed E-state index contributed by atoms with van der Waals surface area (Å²) < 4.78 is 17.3. The predicted molar refractivity (Wildman–Crippen MR) is 141 cm³/mol. The molecule has 6 heteroatoms. The van der Waals surface area contributed by atoms with Gasteiger partial charge in [0.15, 0.2) is 5.78 Å². The summed E-state index contributed by atoms with van der Waals surface area (Å²) in [5.74, 6) is 0.426. The van der Waals surface area contributed by atoms with Crippen LogP contribution in [0.2, 0.25) is 0 Å². The van der Waals surface area contributed by atoms with Crippen molar-refractivity contribution in [1.82, 2.24) is 0 Å². The molecule has 38 heavy (non-hydrogen) atoms. The Morgan fingerprint density at radius 3 is 2.61 bits per heavy atom. The fourth-order valence-corrected chi connectivity index (χ4v) is 5.22. The molecule has 0 radical (unpaired) electrons. The third kappa shape index (κ3) is 4.50. The summed E-state index contributed by atoms with van der Waals surface area (Å²) in [5.41, 5.74) is 4.19. The number of aromatic hydroxyl groups is 1. The van der Waals surface area contributed by atoms with E-state index in [1.807, 2.05) is 36.4 Å². The third-order valence-corrected chi connectivity index (χ3v) is 7.10. The van der Waals surface area contributed by atoms with Crippen molar-refractivity contribution in [2.75, 3.05) is 13.2 Å². The van der Waals surface area contributed by atoms with Crippen LogP contribution in [0.5, 0.6) is 23.0 Å². The van der Waals surface area contributed by atoms with E-state index in [-0.39, 0.29) is 29.3 Å². The van der Waals surface area contributed by atoms with Crippen molar-refractivity contribution in [2.45, 2.75) is 25.2 Å². The molecule has 190 valence electrons. The van der Waals surface area contributed by atoms with Crippen molar-refractivity contribution in [3.63, 3.8) is 0 Å². The lowest BCUT2D eigenvalue weighted by Gasteiger charge is -2.27. The molecule has 4 aromatic carbocycles. The Morgan fingerprint density at radius 1 is 0.947 bits per heavy atom. The summed E-state index contributed by atoms with van der Waals surface area (Å²) in [6.45, 7) is 1.17. The van der Waals surface area contributed by atoms with Gasteiger partial charge in [0.2, 0.25) is 0 Å². The summed E-state index contributed by atoms with van der Waals surface area (Å²) in [6, 6.07) is 25.6. The van der Waals surface area contributed by atoms with Gasteiger partial charge in [0.1, 0.15) is 23.0 Å². The maximum absolute atomic E-state index is 13.2. The fourth-order valence-electron chi connectivity index (χ4n) is 5.22. The summed E-state index contributed by atoms with van der Waals surface area (Å²) >= 11 is 0. The molecule has 0 unspecified atom stereocenters. The first-order valence-electron chi connectivity index (χ1n) is 12.7. The number of carbonyl (C=O) groups excluding carboxylic acids is 2. The Morgan fingerprint density at radius 2 is 1.74 bits per heavy atom. The van der Waals surface area contributed by atoms with Gasteiger partial charge >= 0.3 is 5.97 Å². The van der Waals surface area contributed by atoms with E-state index in [0.717, 1.165) is 24.3 Å². The van der Waals surface area contributed by atoms with Crippen LogP contribution in [0.4, 0.5) is 0 Å². The van der Waals surface area contributed by atoms with Crippen LogP contribution in [-0.2, 0) is 17.6 Å². The average Bonchev–Trinajstić information content (AvgIpc) is 3.41. The second kappa shape index (κ2) is 10.1. The van der Waals surface area contributed by atoms with Crippen molar-refractivity contribution < 1.29 is 28.9 Å². The number of hydrogen-bond donors (Lipinski definition) is 1. The first-order valence-corrected chi connectivity index (χ1v) is 12.7. The van der Waals surface area contributed by atoms with Crippen LogP contribution in [0.25, 0.3) is 0 Å². The summed E-state index contributed by atoms with van der Waals surface area (Å²) in [6.07, 6.45) is 1.66. The van der Waals surface area contributed by atoms with Crippen LogP contribution in [-0.4, -0.2) is 30.1 Å². The highest BCUT2D eigenvalue weighted by Crippen LogP contribution is 2.47. The van der Waals surface area contributed by atoms with Crippen molar-refractivity contribution in [3.8, 4) is 23.0 Å². The maximum atomic E-state index is 13.2. The molecule has 2 heterocycles. The number of hydrogen-bond acceptors (Lipinski definition) is 6. The molecular formula is C32H26O6. The minimum atomic E-state index is -0.525. The molecule has 2 aliphatic heterocycles. The molecule has 0 fully saturated rings. The van der Waals surface area contributed by atoms with Crippen molar-refractivity contribution in [1.29, 1.82) is 0 Å². The minimum Gasteiger partial charge on any atom is -0.507 e. The van der Waals surface area contributed by atoms with Crippen LogP contribution in [0, 0.1) is 0 Å². The predicted octanol–water partition coefficient (Wildman–Crippen LogP) is 5.62. The van der Waals surface area contributed by atoms with E-state index in [1.165, 1.54) is 17.2 Å². The minimum absolute atomic E-state index is 0.0226. The normalized spacial score (nSPS) is 15.7. The number of ketones is 1. The van der Waals surface area contributed by atoms with Gasteiger partial charge in [-0.1, -0.05) is 60.7 Å². The quantitative estimate of drug-likeness (QED) is 0.199. The summed E-state index contributed by atoms with van der Waals surface area (Å²) in [7, 11) is 0. The van der Waals surface area contributed by atoms with Crippen LogP contribution in [0.3, 0.4) is 0 Å². The topological polar surface area (TPSA) is 82.1 Å². The molecule has 0 spiro atoms. The number of phenols is 1. The smallest absolute Gasteiger partial charge is 0.312 e. The molecule has 6 nitrogen and oxygen atoms in total. The lowest BCUT2D eigenvalue weighted by Crippen LogP contribution is -2.22. The van der Waals surface area contributed by atoms with E-state index in [9.17, 15) is 14.7 Å². The standard InChI is InChI=1S/C32H26O6/c33-29-19-25(30-28(38-29)13-11-24(32(30)35)31(34)21-6-2-1-3-7-21)23-8-4-5-9-27(23)37-16-14-20-10-12-26-22(18-20)15-17-36-26/h1-13,18,25,35H,14-17,19H2/t25-/m0/s1. The van der Waals surface area contributed by atoms with Crippen LogP contribution in [0.1, 0.15) is 50.5 Å². The average molecular weight is 507 g/mol. The van der Waals surface area contributed by atoms with Gasteiger partial charge in [-0.25, -0.2) is 0 Å². The number of fused-ring (bicyclic) bond motifs is 2. The Labute approximate surface area is 220 Å². The number of para-hydroxylation sites is 1. The Hall–Kier alpha value is -4.58. The highest BCUT2D eigenvalue weighted by atomic mass is 16.5. The monoisotopic (exact) mass is 506 g/mol. The van der Waals surface area contributed by atoms with Gasteiger partial charge in [0, 0.05) is 35.4 Å². The first kappa shape index (κ1) is 23.8. The molecule has 4 aromatic rings. The zero-order valence-electron chi connectivity index (χ0n) is 20.7. The number of rotatable bonds is 7. The third-order valence-electron chi connectivity index (χ3n) is 7.10. The van der Waals surface area contributed by atoms with Crippen molar-refractivity contribution in [3.05, 3.63) is 118 Å². The SMILES string of the molecule is O=C1C[C@@H](c2ccccc2OCCc2ccc3c(c2)CCO3)c2c(ccc(C(=O)c3ccccc3)c2O)O1. The van der Waals surface area contributed by atoms with Gasteiger partial charge < -0.3 is 19.3 Å². The van der Waals surface area contributed by atoms with Gasteiger partial charge in [0.25, 0.3) is 0 Å². The van der Waals surface area contributed by atoms with E-state index in [0.29, 0.717) is 29.9 Å². The Balaban J connectivity index is 1.29. The molecular weight excluding hydrogens is 480 g/mol. The summed E-state index contributed by atoms with van der Waals surface area (Å²) in [5, 5.41) is 11.3. The van der Waals surface area contributed by atoms with Gasteiger partial charge in [-0.05, 0) is 35.4 Å². The maximum Gasteiger partial charge on any atom is 0.312 e. The van der Waals surface area contributed by atoms with Gasteiger partial charge in [-0.15, -0.1) is 0 Å². The molecule has 1 atom stereocenters. The molecule has 0 saturated carbocycles. The number of benzene rings is 4. The summed E-state index contributed by atoms with van der Waals surface area (Å²) in [4.78, 5) is 25.7. The molecule has 2 aliphatic rings. The highest BCUT2D eigenvalue weighted by molar-refractivity contribution is 6.11. The lowest BCUT2D eigenvalue weighted by molar-refractivity contribution is -0.135. The van der Waals surface area contributed by atoms with Crippen LogP contribution >= 0.6 is 0 Å². The van der Waals surface area contributed by atoms with E-state index < -0.39 is 11.9 Å². The first-order chi connectivity index (χ1) is 18.6. The Bertz CT molecular complexity index is 1520. The van der Waals surface area contributed by atoms with Gasteiger partial charge in [-0.3, -0.25) is 9.59 Å². The van der Waals surface area contributed by atoms with E-state index in [4.69, 9.17) is 14.2 Å². The zero-order chi connectivity index (χ0) is 26.1. The molecule has 6 rings (SSSR count). The van der Waals surface area contributed by atoms with Gasteiger partial charge in [-0.2, -0.15) is 0 Å². The second-order valence-corrected chi connectivity index (χ2v) is 9.48. The molecule has 0 amide bonds. The Kier molecular flexibility index (Phi) is 6.30. The van der Waals surface area contributed by atoms with Crippen LogP contribution < -0.4 is 14.2 Å². The van der Waals surface area contributed by atoms with Crippen LogP contribution in [0.15, 0.2) is 84.9 Å². The fraction of sp³-hybridized carbons (Fsp3) is 0.188. The largest absolute Gasteiger partial charge is 0.507 e. The van der Waals surface area contributed by atoms with Gasteiger partial charge in [0.05, 0.1) is 25.2 Å². The molecule has 0 aliphatic carbocycles. The number of esters is 1. The van der Waals surface area contributed by atoms with Crippen molar-refractivity contribution >= 4 is 11.8 Å². The molecule has 0 aromatic heterocycles. The lowest BCUT2D eigenvalue weighted by atomic mass is 9.83. The van der Waals surface area contributed by atoms with E-state index >= 15 is 0 Å². The molecule has 0 bridgehead atoms. The number of ether oxygens (including phenoxy) is 3. The van der Waals surface area contributed by atoms with E-state index in [1.54, 1.807) is 30.3 Å². The number of phenolic OH excluding ortho intramolecular Hbond substituents is 1. The highest BCUT2D eigenvalue weighted by Gasteiger charge is 2.34. The molecule has 1 N–H and O–H groups in total. The van der Waals surface area contributed by atoms with E-state index in [2.05, 4.69) is 12.1 Å².